The van der Waals surface area contributed by atoms with Crippen LogP contribution in [0.3, 0.4) is 0 Å². The maximum Gasteiger partial charge on any atom is 0.247 e. The van der Waals surface area contributed by atoms with Crippen LogP contribution in [0.25, 0.3) is 22.5 Å². The molecule has 1 aliphatic carbocycles. The van der Waals surface area contributed by atoms with Crippen molar-refractivity contribution in [3.63, 3.8) is 0 Å². The second-order valence-electron chi connectivity index (χ2n) is 12.6. The maximum atomic E-state index is 13.7. The van der Waals surface area contributed by atoms with E-state index < -0.39 is 23.8 Å². The molecular weight excluding hydrogens is 666 g/mol. The number of aromatic amines is 1. The molecule has 1 aliphatic rings. The van der Waals surface area contributed by atoms with Crippen molar-refractivity contribution < 1.29 is 24.0 Å². The molecule has 0 aliphatic heterocycles. The second-order valence-corrected chi connectivity index (χ2v) is 12.6. The summed E-state index contributed by atoms with van der Waals surface area (Å²) in [7, 11) is 0. The third-order valence-electron chi connectivity index (χ3n) is 8.92. The summed E-state index contributed by atoms with van der Waals surface area (Å²) in [5, 5.41) is 27.5. The van der Waals surface area contributed by atoms with E-state index in [9.17, 15) is 24.0 Å². The molecular formula is C36H43N11O5. The Morgan fingerprint density at radius 1 is 0.769 bits per heavy atom. The summed E-state index contributed by atoms with van der Waals surface area (Å²) in [5.74, 6) is -1.31. The molecule has 5 amide bonds. The SMILES string of the molecule is NCC(=O)NCC(=O)NCC(=O)Nc1ccccc1-c1ccc(C[C@H](NC(=O)[C@H]2CC[C@H](CN)CC2)C(=O)Nc2ccc(-c3nn[nH]n3)cc2)cc1. The predicted octanol–water partition coefficient (Wildman–Crippen LogP) is 1.09. The van der Waals surface area contributed by atoms with Crippen LogP contribution in [0.4, 0.5) is 11.4 Å². The fraction of sp³-hybridized carbons (Fsp3) is 0.333. The summed E-state index contributed by atoms with van der Waals surface area (Å²) in [5.41, 5.74) is 15.2. The van der Waals surface area contributed by atoms with E-state index in [1.54, 1.807) is 36.4 Å². The van der Waals surface area contributed by atoms with Crippen LogP contribution in [0.2, 0.25) is 0 Å². The predicted molar refractivity (Wildman–Crippen MR) is 194 cm³/mol. The molecule has 0 unspecified atom stereocenters. The highest BCUT2D eigenvalue weighted by Gasteiger charge is 2.29. The van der Waals surface area contributed by atoms with Gasteiger partial charge in [0.05, 0.1) is 19.6 Å². The van der Waals surface area contributed by atoms with E-state index in [1.807, 2.05) is 36.4 Å². The van der Waals surface area contributed by atoms with Crippen molar-refractivity contribution in [3.8, 4) is 22.5 Å². The molecule has 1 heterocycles. The van der Waals surface area contributed by atoms with Crippen LogP contribution >= 0.6 is 0 Å². The lowest BCUT2D eigenvalue weighted by Gasteiger charge is -2.28. The quantitative estimate of drug-likeness (QED) is 0.0872. The van der Waals surface area contributed by atoms with Gasteiger partial charge in [0.15, 0.2) is 0 Å². The van der Waals surface area contributed by atoms with Crippen molar-refractivity contribution in [2.75, 3.05) is 36.8 Å². The minimum atomic E-state index is -0.854. The number of tetrazole rings is 1. The first-order valence-corrected chi connectivity index (χ1v) is 17.1. The molecule has 0 spiro atoms. The standard InChI is InChI=1S/C36H43N11O5/c37-18-23-7-11-26(12-8-23)35(51)43-30(36(52)41-27-15-13-25(14-16-27)34-44-46-47-45-34)17-22-5-9-24(10-6-22)28-3-1-2-4-29(28)42-33(50)21-40-32(49)20-39-31(48)19-38/h1-6,9-10,13-16,23,26,30H,7-8,11-12,17-21,37-38H2,(H,39,48)(H,40,49)(H,41,52)(H,42,50)(H,43,51)(H,44,45,46,47)/t23-,26-,30-/m0/s1. The number of para-hydroxylation sites is 1. The van der Waals surface area contributed by atoms with Gasteiger partial charge >= 0.3 is 0 Å². The van der Waals surface area contributed by atoms with Crippen molar-refractivity contribution in [1.29, 1.82) is 0 Å². The molecule has 52 heavy (non-hydrogen) atoms. The average molecular weight is 710 g/mol. The van der Waals surface area contributed by atoms with Crippen LogP contribution < -0.4 is 38.1 Å². The van der Waals surface area contributed by atoms with Crippen LogP contribution in [-0.2, 0) is 30.4 Å². The fourth-order valence-corrected chi connectivity index (χ4v) is 5.96. The highest BCUT2D eigenvalue weighted by atomic mass is 16.2. The van der Waals surface area contributed by atoms with Crippen LogP contribution in [-0.4, -0.2) is 82.4 Å². The summed E-state index contributed by atoms with van der Waals surface area (Å²) < 4.78 is 0. The zero-order valence-corrected chi connectivity index (χ0v) is 28.6. The van der Waals surface area contributed by atoms with E-state index in [4.69, 9.17) is 11.5 Å². The molecule has 1 aromatic heterocycles. The lowest BCUT2D eigenvalue weighted by molar-refractivity contribution is -0.130. The number of nitrogens with two attached hydrogens (primary N) is 2. The van der Waals surface area contributed by atoms with Gasteiger partial charge < -0.3 is 38.1 Å². The lowest BCUT2D eigenvalue weighted by Crippen LogP contribution is -2.48. The summed E-state index contributed by atoms with van der Waals surface area (Å²) in [6, 6.07) is 20.9. The number of nitrogens with zero attached hydrogens (tertiary/aromatic N) is 3. The Kier molecular flexibility index (Phi) is 13.1. The summed E-state index contributed by atoms with van der Waals surface area (Å²) in [6.45, 7) is -0.218. The maximum absolute atomic E-state index is 13.7. The Balaban J connectivity index is 1.25. The molecule has 1 atom stereocenters. The van der Waals surface area contributed by atoms with Crippen molar-refractivity contribution >= 4 is 40.9 Å². The van der Waals surface area contributed by atoms with Crippen LogP contribution in [0, 0.1) is 11.8 Å². The normalized spacial score (nSPS) is 15.9. The van der Waals surface area contributed by atoms with Crippen LogP contribution in [0.5, 0.6) is 0 Å². The van der Waals surface area contributed by atoms with Crippen LogP contribution in [0.1, 0.15) is 31.2 Å². The first-order chi connectivity index (χ1) is 25.2. The smallest absolute Gasteiger partial charge is 0.247 e. The van der Waals surface area contributed by atoms with E-state index >= 15 is 0 Å². The van der Waals surface area contributed by atoms with Gasteiger partial charge in [-0.25, -0.2) is 0 Å². The highest BCUT2D eigenvalue weighted by Crippen LogP contribution is 2.30. The zero-order chi connectivity index (χ0) is 36.9. The Bertz CT molecular complexity index is 1820. The number of H-pyrrole nitrogens is 1. The monoisotopic (exact) mass is 709 g/mol. The zero-order valence-electron chi connectivity index (χ0n) is 28.6. The molecule has 272 valence electrons. The summed E-state index contributed by atoms with van der Waals surface area (Å²) in [6.07, 6.45) is 3.45. The molecule has 0 saturated heterocycles. The number of nitrogens with one attached hydrogen (secondary N) is 6. The van der Waals surface area contributed by atoms with Crippen molar-refractivity contribution in [3.05, 3.63) is 78.4 Å². The minimum Gasteiger partial charge on any atom is -0.346 e. The third-order valence-corrected chi connectivity index (χ3v) is 8.92. The molecule has 0 bridgehead atoms. The third kappa shape index (κ3) is 10.5. The number of carbonyl (C=O) groups excluding carboxylic acids is 5. The van der Waals surface area contributed by atoms with Gasteiger partial charge in [-0.15, -0.1) is 10.2 Å². The number of benzene rings is 3. The number of anilines is 2. The topological polar surface area (TPSA) is 252 Å². The fourth-order valence-electron chi connectivity index (χ4n) is 5.96. The molecule has 1 fully saturated rings. The van der Waals surface area contributed by atoms with Crippen molar-refractivity contribution in [2.45, 2.75) is 38.1 Å². The minimum absolute atomic E-state index is 0.152. The summed E-state index contributed by atoms with van der Waals surface area (Å²) in [4.78, 5) is 63.0. The van der Waals surface area contributed by atoms with E-state index in [2.05, 4.69) is 47.2 Å². The molecule has 16 heteroatoms. The molecule has 10 N–H and O–H groups in total. The number of amides is 5. The Morgan fingerprint density at radius 3 is 2.12 bits per heavy atom. The van der Waals surface area contributed by atoms with Gasteiger partial charge in [0.1, 0.15) is 6.04 Å². The Hall–Kier alpha value is -6.00. The molecule has 3 aromatic carbocycles. The molecule has 16 nitrogen and oxygen atoms in total. The van der Waals surface area contributed by atoms with E-state index in [0.29, 0.717) is 29.7 Å². The molecule has 1 saturated carbocycles. The van der Waals surface area contributed by atoms with Gasteiger partial charge in [0.2, 0.25) is 35.4 Å². The number of carbonyl (C=O) groups is 5. The van der Waals surface area contributed by atoms with Crippen molar-refractivity contribution in [2.24, 2.45) is 23.3 Å². The van der Waals surface area contributed by atoms with Gasteiger partial charge in [-0.2, -0.15) is 5.21 Å². The molecule has 5 rings (SSSR count). The number of hydrogen-bond acceptors (Lipinski definition) is 10. The van der Waals surface area contributed by atoms with Crippen LogP contribution in [0.15, 0.2) is 72.8 Å². The van der Waals surface area contributed by atoms with Crippen molar-refractivity contribution in [1.82, 2.24) is 36.6 Å². The van der Waals surface area contributed by atoms with E-state index in [1.165, 1.54) is 0 Å². The lowest BCUT2D eigenvalue weighted by atomic mass is 9.81. The highest BCUT2D eigenvalue weighted by molar-refractivity contribution is 5.99. The first kappa shape index (κ1) is 37.3. The van der Waals surface area contributed by atoms with Gasteiger partial charge in [0.25, 0.3) is 0 Å². The number of hydrogen-bond donors (Lipinski definition) is 8. The molecule has 0 radical (unpaired) electrons. The first-order valence-electron chi connectivity index (χ1n) is 17.1. The van der Waals surface area contributed by atoms with Gasteiger partial charge in [-0.3, -0.25) is 24.0 Å². The largest absolute Gasteiger partial charge is 0.346 e. The number of aromatic nitrogens is 4. The summed E-state index contributed by atoms with van der Waals surface area (Å²) >= 11 is 0. The number of rotatable bonds is 15. The second kappa shape index (κ2) is 18.3. The van der Waals surface area contributed by atoms with Gasteiger partial charge in [0, 0.05) is 34.8 Å². The van der Waals surface area contributed by atoms with Gasteiger partial charge in [-0.1, -0.05) is 42.5 Å². The average Bonchev–Trinajstić information content (AvgIpc) is 3.72. The Morgan fingerprint density at radius 2 is 1.44 bits per heavy atom. The van der Waals surface area contributed by atoms with Gasteiger partial charge in [-0.05, 0) is 84.8 Å². The Labute approximate surface area is 300 Å². The van der Waals surface area contributed by atoms with E-state index in [0.717, 1.165) is 47.9 Å². The van der Waals surface area contributed by atoms with E-state index in [-0.39, 0.29) is 43.8 Å². The molecule has 4 aromatic rings.